The van der Waals surface area contributed by atoms with Crippen LogP contribution in [0.2, 0.25) is 0 Å². The molecular formula is C24H26F3NO3. The Morgan fingerprint density at radius 3 is 2.39 bits per heavy atom. The molecule has 4 nitrogen and oxygen atoms in total. The molecule has 1 fully saturated rings. The van der Waals surface area contributed by atoms with E-state index in [1.165, 1.54) is 19.2 Å². The lowest BCUT2D eigenvalue weighted by molar-refractivity contribution is 0.0333. The van der Waals surface area contributed by atoms with Gasteiger partial charge in [0, 0.05) is 42.7 Å². The van der Waals surface area contributed by atoms with Crippen molar-refractivity contribution in [3.05, 3.63) is 58.7 Å². The molecule has 0 saturated carbocycles. The number of benzene rings is 2. The van der Waals surface area contributed by atoms with Gasteiger partial charge in [0.25, 0.3) is 0 Å². The fraction of sp³-hybridized carbons (Fsp3) is 0.458. The van der Waals surface area contributed by atoms with Crippen molar-refractivity contribution in [3.8, 4) is 11.5 Å². The summed E-state index contributed by atoms with van der Waals surface area (Å²) in [5.41, 5.74) is 0.405. The van der Waals surface area contributed by atoms with Gasteiger partial charge in [-0.25, -0.2) is 13.2 Å². The highest BCUT2D eigenvalue weighted by molar-refractivity contribution is 6.03. The first kappa shape index (κ1) is 21.7. The zero-order valence-electron chi connectivity index (χ0n) is 17.7. The molecule has 2 aromatic carbocycles. The van der Waals surface area contributed by atoms with Gasteiger partial charge in [0.2, 0.25) is 0 Å². The molecule has 4 rings (SSSR count). The molecular weight excluding hydrogens is 407 g/mol. The van der Waals surface area contributed by atoms with E-state index in [-0.39, 0.29) is 25.0 Å². The first-order valence-corrected chi connectivity index (χ1v) is 10.5. The molecule has 1 atom stereocenters. The van der Waals surface area contributed by atoms with Crippen molar-refractivity contribution in [1.82, 2.24) is 4.90 Å². The Kier molecular flexibility index (Phi) is 5.97. The number of fused-ring (bicyclic) bond motifs is 1. The van der Waals surface area contributed by atoms with Crippen molar-refractivity contribution >= 4 is 5.78 Å². The quantitative estimate of drug-likeness (QED) is 0.660. The third-order valence-corrected chi connectivity index (χ3v) is 6.49. The van der Waals surface area contributed by atoms with Crippen LogP contribution in [-0.4, -0.2) is 43.7 Å². The lowest BCUT2D eigenvalue weighted by atomic mass is 9.82. The van der Waals surface area contributed by atoms with Crippen LogP contribution in [0.4, 0.5) is 13.2 Å². The number of methoxy groups -OCH3 is 2. The second-order valence-corrected chi connectivity index (χ2v) is 8.50. The van der Waals surface area contributed by atoms with E-state index in [1.54, 1.807) is 19.2 Å². The van der Waals surface area contributed by atoms with Crippen LogP contribution in [0, 0.1) is 17.6 Å². The molecule has 166 valence electrons. The van der Waals surface area contributed by atoms with Crippen LogP contribution in [-0.2, 0) is 13.0 Å². The average molecular weight is 433 g/mol. The van der Waals surface area contributed by atoms with E-state index in [2.05, 4.69) is 0 Å². The van der Waals surface area contributed by atoms with E-state index in [0.717, 1.165) is 11.6 Å². The Labute approximate surface area is 180 Å². The zero-order chi connectivity index (χ0) is 22.2. The van der Waals surface area contributed by atoms with E-state index >= 15 is 4.39 Å². The summed E-state index contributed by atoms with van der Waals surface area (Å²) in [6.07, 6.45) is 1.22. The predicted octanol–water partition coefficient (Wildman–Crippen LogP) is 4.73. The van der Waals surface area contributed by atoms with Crippen molar-refractivity contribution in [3.63, 3.8) is 0 Å². The zero-order valence-corrected chi connectivity index (χ0v) is 17.7. The average Bonchev–Trinajstić information content (AvgIpc) is 3.04. The molecule has 1 heterocycles. The second kappa shape index (κ2) is 8.54. The standard InChI is InChI=1S/C24H26F3NO3/c1-30-21-10-16-9-17(23(29)19(16)12-22(21)31-2)13-24(27)5-7-28(8-6-24)14-15-3-4-18(25)11-20(15)26/h3-4,10-12,17H,5-9,13-14H2,1-2H3. The van der Waals surface area contributed by atoms with E-state index in [0.29, 0.717) is 48.7 Å². The summed E-state index contributed by atoms with van der Waals surface area (Å²) in [4.78, 5) is 14.9. The van der Waals surface area contributed by atoms with Gasteiger partial charge < -0.3 is 9.47 Å². The van der Waals surface area contributed by atoms with Crippen molar-refractivity contribution in [2.45, 2.75) is 37.9 Å². The molecule has 2 aromatic rings. The van der Waals surface area contributed by atoms with Gasteiger partial charge in [0.05, 0.1) is 14.2 Å². The molecule has 1 aliphatic heterocycles. The topological polar surface area (TPSA) is 38.8 Å². The number of likely N-dealkylation sites (tertiary alicyclic amines) is 1. The largest absolute Gasteiger partial charge is 0.493 e. The second-order valence-electron chi connectivity index (χ2n) is 8.50. The van der Waals surface area contributed by atoms with Gasteiger partial charge >= 0.3 is 0 Å². The number of ketones is 1. The minimum atomic E-state index is -1.44. The summed E-state index contributed by atoms with van der Waals surface area (Å²) in [7, 11) is 3.06. The van der Waals surface area contributed by atoms with E-state index < -0.39 is 23.2 Å². The maximum atomic E-state index is 15.6. The highest BCUT2D eigenvalue weighted by Crippen LogP contribution is 2.42. The molecule has 0 amide bonds. The van der Waals surface area contributed by atoms with Crippen molar-refractivity contribution in [2.75, 3.05) is 27.3 Å². The van der Waals surface area contributed by atoms with E-state index in [9.17, 15) is 13.6 Å². The maximum Gasteiger partial charge on any atom is 0.166 e. The van der Waals surface area contributed by atoms with Crippen LogP contribution in [0.25, 0.3) is 0 Å². The van der Waals surface area contributed by atoms with Gasteiger partial charge in [-0.1, -0.05) is 6.07 Å². The predicted molar refractivity (Wildman–Crippen MR) is 110 cm³/mol. The Morgan fingerprint density at radius 1 is 1.06 bits per heavy atom. The Morgan fingerprint density at radius 2 is 1.74 bits per heavy atom. The lowest BCUT2D eigenvalue weighted by Crippen LogP contribution is -2.43. The number of halogens is 3. The normalized spacial score (nSPS) is 20.5. The van der Waals surface area contributed by atoms with Crippen LogP contribution < -0.4 is 9.47 Å². The third-order valence-electron chi connectivity index (χ3n) is 6.49. The highest BCUT2D eigenvalue weighted by atomic mass is 19.1. The van der Waals surface area contributed by atoms with Crippen LogP contribution in [0.3, 0.4) is 0 Å². The first-order chi connectivity index (χ1) is 14.8. The van der Waals surface area contributed by atoms with Crippen LogP contribution in [0.5, 0.6) is 11.5 Å². The van der Waals surface area contributed by atoms with Crippen LogP contribution >= 0.6 is 0 Å². The lowest BCUT2D eigenvalue weighted by Gasteiger charge is -2.37. The number of nitrogens with zero attached hydrogens (tertiary/aromatic N) is 1. The van der Waals surface area contributed by atoms with Crippen LogP contribution in [0.15, 0.2) is 30.3 Å². The van der Waals surface area contributed by atoms with E-state index in [4.69, 9.17) is 9.47 Å². The van der Waals surface area contributed by atoms with Crippen molar-refractivity contribution in [2.24, 2.45) is 5.92 Å². The highest BCUT2D eigenvalue weighted by Gasteiger charge is 2.42. The molecule has 2 aliphatic rings. The number of ether oxygens (including phenoxy) is 2. The summed E-state index contributed by atoms with van der Waals surface area (Å²) >= 11 is 0. The molecule has 1 aliphatic carbocycles. The van der Waals surface area contributed by atoms with Crippen molar-refractivity contribution in [1.29, 1.82) is 0 Å². The number of Topliss-reactive ketones (excluding diaryl/α,β-unsaturated/α-hetero) is 1. The minimum absolute atomic E-state index is 0.0520. The molecule has 0 bridgehead atoms. The van der Waals surface area contributed by atoms with E-state index in [1.807, 2.05) is 4.90 Å². The number of alkyl halides is 1. The number of hydrogen-bond donors (Lipinski definition) is 0. The summed E-state index contributed by atoms with van der Waals surface area (Å²) in [6, 6.07) is 7.01. The van der Waals surface area contributed by atoms with Gasteiger partial charge in [0.1, 0.15) is 17.3 Å². The van der Waals surface area contributed by atoms with Gasteiger partial charge in [-0.3, -0.25) is 9.69 Å². The molecule has 0 spiro atoms. The number of carbonyl (C=O) groups is 1. The Hall–Kier alpha value is -2.54. The van der Waals surface area contributed by atoms with Gasteiger partial charge in [0.15, 0.2) is 17.3 Å². The number of carbonyl (C=O) groups excluding carboxylic acids is 1. The number of hydrogen-bond acceptors (Lipinski definition) is 4. The smallest absolute Gasteiger partial charge is 0.166 e. The van der Waals surface area contributed by atoms with Crippen molar-refractivity contribution < 1.29 is 27.4 Å². The number of piperidine rings is 1. The van der Waals surface area contributed by atoms with Gasteiger partial charge in [-0.2, -0.15) is 0 Å². The summed E-state index contributed by atoms with van der Waals surface area (Å²) < 4.78 is 53.2. The first-order valence-electron chi connectivity index (χ1n) is 10.5. The summed E-state index contributed by atoms with van der Waals surface area (Å²) in [5.74, 6) is -0.600. The van der Waals surface area contributed by atoms with Gasteiger partial charge in [-0.15, -0.1) is 0 Å². The summed E-state index contributed by atoms with van der Waals surface area (Å²) in [6.45, 7) is 1.24. The summed E-state index contributed by atoms with van der Waals surface area (Å²) in [5, 5.41) is 0. The fourth-order valence-corrected chi connectivity index (χ4v) is 4.71. The molecule has 31 heavy (non-hydrogen) atoms. The Bertz CT molecular complexity index is 986. The molecule has 1 unspecified atom stereocenters. The Balaban J connectivity index is 1.38. The third kappa shape index (κ3) is 4.42. The SMILES string of the molecule is COc1cc2c(cc1OC)C(=O)C(CC1(F)CCN(Cc3ccc(F)cc3F)CC1)C2. The monoisotopic (exact) mass is 433 g/mol. The molecule has 1 saturated heterocycles. The minimum Gasteiger partial charge on any atom is -0.493 e. The van der Waals surface area contributed by atoms with Crippen LogP contribution in [0.1, 0.15) is 40.7 Å². The van der Waals surface area contributed by atoms with Gasteiger partial charge in [-0.05, 0) is 49.4 Å². The molecule has 7 heteroatoms. The maximum absolute atomic E-state index is 15.6. The molecule has 0 radical (unpaired) electrons. The fourth-order valence-electron chi connectivity index (χ4n) is 4.71. The molecule has 0 aromatic heterocycles. The number of rotatable bonds is 6. The molecule has 0 N–H and O–H groups in total.